The molecule has 0 amide bonds. The zero-order chi connectivity index (χ0) is 14.2. The van der Waals surface area contributed by atoms with E-state index in [1.165, 1.54) is 11.1 Å². The van der Waals surface area contributed by atoms with Gasteiger partial charge in [-0.3, -0.25) is 5.41 Å². The number of benzene rings is 2. The highest BCUT2D eigenvalue weighted by atomic mass is 15.2. The Labute approximate surface area is 122 Å². The average Bonchev–Trinajstić information content (AvgIpc) is 3.01. The SMILES string of the molecule is N=C(c1ccc2nc[nH]c2c1)N1CCc2ccccc2C1. The summed E-state index contributed by atoms with van der Waals surface area (Å²) in [5.41, 5.74) is 5.60. The monoisotopic (exact) mass is 276 g/mol. The molecule has 1 aromatic heterocycles. The van der Waals surface area contributed by atoms with Crippen LogP contribution in [0.1, 0.15) is 16.7 Å². The number of aromatic nitrogens is 2. The van der Waals surface area contributed by atoms with E-state index in [4.69, 9.17) is 5.41 Å². The molecule has 1 aliphatic rings. The minimum absolute atomic E-state index is 0.584. The molecule has 0 spiro atoms. The van der Waals surface area contributed by atoms with Crippen molar-refractivity contribution in [2.75, 3.05) is 6.54 Å². The van der Waals surface area contributed by atoms with Crippen LogP contribution in [0, 0.1) is 5.41 Å². The maximum atomic E-state index is 8.49. The van der Waals surface area contributed by atoms with E-state index in [1.54, 1.807) is 6.33 Å². The summed E-state index contributed by atoms with van der Waals surface area (Å²) in [6.45, 7) is 1.72. The summed E-state index contributed by atoms with van der Waals surface area (Å²) >= 11 is 0. The van der Waals surface area contributed by atoms with Crippen LogP contribution in [-0.2, 0) is 13.0 Å². The zero-order valence-electron chi connectivity index (χ0n) is 11.6. The molecule has 3 aromatic rings. The topological polar surface area (TPSA) is 55.8 Å². The summed E-state index contributed by atoms with van der Waals surface area (Å²) in [5, 5.41) is 8.49. The predicted octanol–water partition coefficient (Wildman–Crippen LogP) is 2.95. The van der Waals surface area contributed by atoms with Crippen molar-refractivity contribution in [3.8, 4) is 0 Å². The van der Waals surface area contributed by atoms with Gasteiger partial charge in [-0.15, -0.1) is 0 Å². The molecule has 0 saturated carbocycles. The Morgan fingerprint density at radius 3 is 2.90 bits per heavy atom. The molecule has 0 atom stereocenters. The van der Waals surface area contributed by atoms with Crippen molar-refractivity contribution >= 4 is 16.9 Å². The molecule has 2 N–H and O–H groups in total. The van der Waals surface area contributed by atoms with Gasteiger partial charge in [0.2, 0.25) is 0 Å². The van der Waals surface area contributed by atoms with Crippen LogP contribution in [0.4, 0.5) is 0 Å². The lowest BCUT2D eigenvalue weighted by atomic mass is 9.99. The number of imidazole rings is 1. The van der Waals surface area contributed by atoms with Crippen LogP contribution >= 0.6 is 0 Å². The third kappa shape index (κ3) is 2.09. The predicted molar refractivity (Wildman–Crippen MR) is 83.5 cm³/mol. The molecule has 1 aliphatic heterocycles. The van der Waals surface area contributed by atoms with Gasteiger partial charge in [0.25, 0.3) is 0 Å². The fraction of sp³-hybridized carbons (Fsp3) is 0.176. The van der Waals surface area contributed by atoms with Crippen LogP contribution in [0.25, 0.3) is 11.0 Å². The van der Waals surface area contributed by atoms with Gasteiger partial charge in [-0.25, -0.2) is 4.98 Å². The Kier molecular flexibility index (Phi) is 2.74. The maximum Gasteiger partial charge on any atom is 0.128 e. The van der Waals surface area contributed by atoms with E-state index in [0.29, 0.717) is 5.84 Å². The van der Waals surface area contributed by atoms with Crippen molar-refractivity contribution in [2.24, 2.45) is 0 Å². The lowest BCUT2D eigenvalue weighted by molar-refractivity contribution is 0.392. The Hall–Kier alpha value is -2.62. The van der Waals surface area contributed by atoms with E-state index < -0.39 is 0 Å². The van der Waals surface area contributed by atoms with Gasteiger partial charge in [0.1, 0.15) is 5.84 Å². The Balaban J connectivity index is 1.63. The number of hydrogen-bond acceptors (Lipinski definition) is 2. The Morgan fingerprint density at radius 2 is 2.00 bits per heavy atom. The van der Waals surface area contributed by atoms with Crippen molar-refractivity contribution < 1.29 is 0 Å². The Morgan fingerprint density at radius 1 is 1.14 bits per heavy atom. The molecule has 2 aromatic carbocycles. The van der Waals surface area contributed by atoms with Gasteiger partial charge in [-0.1, -0.05) is 24.3 Å². The van der Waals surface area contributed by atoms with E-state index in [-0.39, 0.29) is 0 Å². The average molecular weight is 276 g/mol. The molecule has 104 valence electrons. The lowest BCUT2D eigenvalue weighted by Crippen LogP contribution is -2.35. The van der Waals surface area contributed by atoms with E-state index in [2.05, 4.69) is 39.1 Å². The fourth-order valence-electron chi connectivity index (χ4n) is 2.95. The van der Waals surface area contributed by atoms with Gasteiger partial charge in [0.15, 0.2) is 0 Å². The molecule has 0 fully saturated rings. The second kappa shape index (κ2) is 4.74. The van der Waals surface area contributed by atoms with Crippen molar-refractivity contribution in [1.29, 1.82) is 5.41 Å². The number of aromatic amines is 1. The molecule has 0 saturated heterocycles. The first kappa shape index (κ1) is 12.1. The molecule has 21 heavy (non-hydrogen) atoms. The molecule has 0 bridgehead atoms. The van der Waals surface area contributed by atoms with E-state index in [0.717, 1.165) is 36.1 Å². The van der Waals surface area contributed by atoms with E-state index in [1.807, 2.05) is 18.2 Å². The van der Waals surface area contributed by atoms with E-state index in [9.17, 15) is 0 Å². The standard InChI is InChI=1S/C17H16N4/c18-17(13-5-6-15-16(9-13)20-11-19-15)21-8-7-12-3-1-2-4-14(12)10-21/h1-6,9,11,18H,7-8,10H2,(H,19,20). The minimum Gasteiger partial charge on any atom is -0.352 e. The number of hydrogen-bond donors (Lipinski definition) is 2. The van der Waals surface area contributed by atoms with Crippen LogP contribution in [0.3, 0.4) is 0 Å². The lowest BCUT2D eigenvalue weighted by Gasteiger charge is -2.31. The molecule has 0 unspecified atom stereocenters. The summed E-state index contributed by atoms with van der Waals surface area (Å²) in [4.78, 5) is 9.47. The summed E-state index contributed by atoms with van der Waals surface area (Å²) in [5.74, 6) is 0.584. The van der Waals surface area contributed by atoms with Gasteiger partial charge in [-0.2, -0.15) is 0 Å². The van der Waals surface area contributed by atoms with Crippen LogP contribution in [0.5, 0.6) is 0 Å². The fourth-order valence-corrected chi connectivity index (χ4v) is 2.95. The number of nitrogens with one attached hydrogen (secondary N) is 2. The van der Waals surface area contributed by atoms with Crippen LogP contribution in [0.2, 0.25) is 0 Å². The van der Waals surface area contributed by atoms with Crippen LogP contribution in [0.15, 0.2) is 48.8 Å². The largest absolute Gasteiger partial charge is 0.352 e. The highest BCUT2D eigenvalue weighted by Gasteiger charge is 2.19. The van der Waals surface area contributed by atoms with Gasteiger partial charge >= 0.3 is 0 Å². The molecule has 4 nitrogen and oxygen atoms in total. The molecule has 4 rings (SSSR count). The molecular formula is C17H16N4. The van der Waals surface area contributed by atoms with Gasteiger partial charge in [0.05, 0.1) is 17.4 Å². The first-order valence-corrected chi connectivity index (χ1v) is 7.15. The summed E-state index contributed by atoms with van der Waals surface area (Å²) in [6, 6.07) is 14.5. The number of fused-ring (bicyclic) bond motifs is 2. The smallest absolute Gasteiger partial charge is 0.128 e. The zero-order valence-corrected chi connectivity index (χ0v) is 11.6. The van der Waals surface area contributed by atoms with Crippen molar-refractivity contribution in [3.63, 3.8) is 0 Å². The first-order chi connectivity index (χ1) is 10.3. The third-order valence-corrected chi connectivity index (χ3v) is 4.14. The normalized spacial score (nSPS) is 14.2. The number of rotatable bonds is 1. The second-order valence-corrected chi connectivity index (χ2v) is 5.42. The highest BCUT2D eigenvalue weighted by Crippen LogP contribution is 2.21. The van der Waals surface area contributed by atoms with E-state index >= 15 is 0 Å². The molecule has 2 heterocycles. The molecular weight excluding hydrogens is 260 g/mol. The van der Waals surface area contributed by atoms with Crippen molar-refractivity contribution in [2.45, 2.75) is 13.0 Å². The highest BCUT2D eigenvalue weighted by molar-refractivity contribution is 5.99. The van der Waals surface area contributed by atoms with Gasteiger partial charge < -0.3 is 9.88 Å². The summed E-state index contributed by atoms with van der Waals surface area (Å²) < 4.78 is 0. The maximum absolute atomic E-state index is 8.49. The minimum atomic E-state index is 0.584. The quantitative estimate of drug-likeness (QED) is 0.530. The Bertz CT molecular complexity index is 818. The molecule has 4 heteroatoms. The number of H-pyrrole nitrogens is 1. The molecule has 0 aliphatic carbocycles. The van der Waals surface area contributed by atoms with Crippen LogP contribution < -0.4 is 0 Å². The van der Waals surface area contributed by atoms with Crippen LogP contribution in [-0.4, -0.2) is 27.2 Å². The number of amidine groups is 1. The van der Waals surface area contributed by atoms with Crippen molar-refractivity contribution in [3.05, 3.63) is 65.5 Å². The first-order valence-electron chi connectivity index (χ1n) is 7.15. The summed E-state index contributed by atoms with van der Waals surface area (Å²) in [7, 11) is 0. The second-order valence-electron chi connectivity index (χ2n) is 5.42. The summed E-state index contributed by atoms with van der Waals surface area (Å²) in [6.07, 6.45) is 2.69. The van der Waals surface area contributed by atoms with Crippen molar-refractivity contribution in [1.82, 2.24) is 14.9 Å². The molecule has 0 radical (unpaired) electrons. The number of nitrogens with zero attached hydrogens (tertiary/aromatic N) is 2. The third-order valence-electron chi connectivity index (χ3n) is 4.14. The van der Waals surface area contributed by atoms with Gasteiger partial charge in [-0.05, 0) is 35.7 Å². The van der Waals surface area contributed by atoms with Gasteiger partial charge in [0, 0.05) is 18.7 Å².